The minimum atomic E-state index is -0.888. The zero-order valence-electron chi connectivity index (χ0n) is 16.6. The third-order valence-electron chi connectivity index (χ3n) is 4.15. The first-order valence-electron chi connectivity index (χ1n) is 9.32. The largest absolute Gasteiger partial charge is 0.345 e. The Labute approximate surface area is 195 Å². The van der Waals surface area contributed by atoms with Gasteiger partial charge in [0.15, 0.2) is 16.8 Å². The fourth-order valence-electron chi connectivity index (χ4n) is 2.69. The first kappa shape index (κ1) is 23.6. The molecule has 3 aromatic rings. The summed E-state index contributed by atoms with van der Waals surface area (Å²) in [6.07, 6.45) is 1.64. The molecular weight excluding hydrogens is 504 g/mol. The number of carbonyl (C=O) groups excluding carboxylic acids is 2. The molecule has 32 heavy (non-hydrogen) atoms. The van der Waals surface area contributed by atoms with Crippen molar-refractivity contribution in [2.45, 2.75) is 18.2 Å². The number of allylic oxidation sites excluding steroid dienone is 1. The molecule has 0 saturated carbocycles. The predicted octanol–water partition coefficient (Wildman–Crippen LogP) is 4.17. The van der Waals surface area contributed by atoms with Crippen molar-refractivity contribution >= 4 is 45.2 Å². The summed E-state index contributed by atoms with van der Waals surface area (Å²) in [6, 6.07) is 10.5. The van der Waals surface area contributed by atoms with Crippen LogP contribution in [0.5, 0.6) is 0 Å². The van der Waals surface area contributed by atoms with Crippen LogP contribution in [0.3, 0.4) is 0 Å². The molecule has 2 N–H and O–H groups in total. The van der Waals surface area contributed by atoms with Crippen LogP contribution in [0, 0.1) is 11.6 Å². The molecule has 0 saturated heterocycles. The SMILES string of the molecule is C=CCn1c(CNC(=O)c2ccccc2)nnc1SCC(=O)Nc1c(F)cc(F)cc1Br. The van der Waals surface area contributed by atoms with E-state index in [9.17, 15) is 18.4 Å². The van der Waals surface area contributed by atoms with Crippen molar-refractivity contribution in [2.24, 2.45) is 0 Å². The van der Waals surface area contributed by atoms with Crippen LogP contribution in [0.15, 0.2) is 64.7 Å². The number of benzene rings is 2. The predicted molar refractivity (Wildman–Crippen MR) is 121 cm³/mol. The van der Waals surface area contributed by atoms with Crippen LogP contribution in [-0.2, 0) is 17.9 Å². The van der Waals surface area contributed by atoms with Gasteiger partial charge in [-0.3, -0.25) is 9.59 Å². The molecule has 1 heterocycles. The van der Waals surface area contributed by atoms with Gasteiger partial charge in [0.2, 0.25) is 5.91 Å². The van der Waals surface area contributed by atoms with Crippen LogP contribution in [0.4, 0.5) is 14.5 Å². The Bertz CT molecular complexity index is 1120. The number of anilines is 1. The lowest BCUT2D eigenvalue weighted by molar-refractivity contribution is -0.113. The number of nitrogens with one attached hydrogen (secondary N) is 2. The van der Waals surface area contributed by atoms with Crippen LogP contribution in [0.1, 0.15) is 16.2 Å². The van der Waals surface area contributed by atoms with E-state index in [0.29, 0.717) is 29.2 Å². The molecule has 166 valence electrons. The highest BCUT2D eigenvalue weighted by molar-refractivity contribution is 9.10. The quantitative estimate of drug-likeness (QED) is 0.326. The van der Waals surface area contributed by atoms with E-state index < -0.39 is 17.5 Å². The minimum absolute atomic E-state index is 0.0884. The topological polar surface area (TPSA) is 88.9 Å². The van der Waals surface area contributed by atoms with Gasteiger partial charge in [-0.2, -0.15) is 0 Å². The van der Waals surface area contributed by atoms with E-state index in [0.717, 1.165) is 17.8 Å². The van der Waals surface area contributed by atoms with Gasteiger partial charge in [0.05, 0.1) is 18.0 Å². The van der Waals surface area contributed by atoms with E-state index in [1.165, 1.54) is 0 Å². The van der Waals surface area contributed by atoms with Gasteiger partial charge in [0.25, 0.3) is 5.91 Å². The second-order valence-corrected chi connectivity index (χ2v) is 8.22. The number of carbonyl (C=O) groups is 2. The van der Waals surface area contributed by atoms with Gasteiger partial charge in [-0.1, -0.05) is 36.0 Å². The van der Waals surface area contributed by atoms with Crippen LogP contribution >= 0.6 is 27.7 Å². The summed E-state index contributed by atoms with van der Waals surface area (Å²) in [7, 11) is 0. The van der Waals surface area contributed by atoms with Crippen LogP contribution in [0.2, 0.25) is 0 Å². The molecule has 0 aliphatic rings. The molecule has 3 rings (SSSR count). The lowest BCUT2D eigenvalue weighted by Crippen LogP contribution is -2.24. The van der Waals surface area contributed by atoms with Gasteiger partial charge in [-0.05, 0) is 34.1 Å². The molecule has 0 radical (unpaired) electrons. The van der Waals surface area contributed by atoms with Gasteiger partial charge >= 0.3 is 0 Å². The van der Waals surface area contributed by atoms with Crippen LogP contribution < -0.4 is 10.6 Å². The third-order valence-corrected chi connectivity index (χ3v) is 5.74. The summed E-state index contributed by atoms with van der Waals surface area (Å²) in [5, 5.41) is 13.8. The normalized spacial score (nSPS) is 10.6. The van der Waals surface area contributed by atoms with Crippen molar-refractivity contribution < 1.29 is 18.4 Å². The third kappa shape index (κ3) is 6.01. The second kappa shape index (κ2) is 11.0. The number of thioether (sulfide) groups is 1. The summed E-state index contributed by atoms with van der Waals surface area (Å²) < 4.78 is 28.9. The van der Waals surface area contributed by atoms with E-state index in [4.69, 9.17) is 0 Å². The van der Waals surface area contributed by atoms with Gasteiger partial charge in [0.1, 0.15) is 5.82 Å². The molecule has 11 heteroatoms. The summed E-state index contributed by atoms with van der Waals surface area (Å²) in [4.78, 5) is 24.5. The van der Waals surface area contributed by atoms with Crippen molar-refractivity contribution in [3.8, 4) is 0 Å². The first-order valence-corrected chi connectivity index (χ1v) is 11.1. The van der Waals surface area contributed by atoms with Crippen molar-refractivity contribution in [1.29, 1.82) is 0 Å². The second-order valence-electron chi connectivity index (χ2n) is 6.43. The lowest BCUT2D eigenvalue weighted by Gasteiger charge is -2.10. The molecule has 0 fully saturated rings. The first-order chi connectivity index (χ1) is 15.4. The van der Waals surface area contributed by atoms with Gasteiger partial charge in [0, 0.05) is 22.6 Å². The Hall–Kier alpha value is -3.05. The van der Waals surface area contributed by atoms with Crippen LogP contribution in [-0.4, -0.2) is 32.3 Å². The standard InChI is InChI=1S/C21H18BrF2N5O2S/c1-2-8-29-17(11-25-20(31)13-6-4-3-5-7-13)27-28-21(29)32-12-18(30)26-19-15(22)9-14(23)10-16(19)24/h2-7,9-10H,1,8,11-12H2,(H,25,31)(H,26,30). The molecule has 0 atom stereocenters. The van der Waals surface area contributed by atoms with Gasteiger partial charge in [-0.15, -0.1) is 16.8 Å². The number of nitrogens with zero attached hydrogens (tertiary/aromatic N) is 3. The molecule has 7 nitrogen and oxygen atoms in total. The molecule has 0 aliphatic heterocycles. The highest BCUT2D eigenvalue weighted by Gasteiger charge is 2.17. The Balaban J connectivity index is 1.63. The number of aromatic nitrogens is 3. The molecule has 0 bridgehead atoms. The number of rotatable bonds is 9. The average Bonchev–Trinajstić information content (AvgIpc) is 3.15. The number of hydrogen-bond donors (Lipinski definition) is 2. The maximum absolute atomic E-state index is 13.9. The molecule has 0 unspecified atom stereocenters. The van der Waals surface area contributed by atoms with E-state index >= 15 is 0 Å². The maximum atomic E-state index is 13.9. The fourth-order valence-corrected chi connectivity index (χ4v) is 3.96. The molecule has 0 aliphatic carbocycles. The Morgan fingerprint density at radius 1 is 1.19 bits per heavy atom. The van der Waals surface area contributed by atoms with Crippen molar-refractivity contribution in [2.75, 3.05) is 11.1 Å². The molecule has 0 spiro atoms. The zero-order chi connectivity index (χ0) is 23.1. The molecular formula is C21H18BrF2N5O2S. The number of hydrogen-bond acceptors (Lipinski definition) is 5. The Morgan fingerprint density at radius 3 is 2.62 bits per heavy atom. The summed E-state index contributed by atoms with van der Waals surface area (Å²) >= 11 is 4.12. The highest BCUT2D eigenvalue weighted by atomic mass is 79.9. The molecule has 1 aromatic heterocycles. The van der Waals surface area contributed by atoms with E-state index in [1.54, 1.807) is 34.9 Å². The Kier molecular flexibility index (Phi) is 8.12. The minimum Gasteiger partial charge on any atom is -0.345 e. The number of amides is 2. The van der Waals surface area contributed by atoms with Crippen molar-refractivity contribution in [3.05, 3.63) is 82.6 Å². The summed E-state index contributed by atoms with van der Waals surface area (Å²) in [5.41, 5.74) is 0.376. The van der Waals surface area contributed by atoms with Crippen molar-refractivity contribution in [1.82, 2.24) is 20.1 Å². The molecule has 2 aromatic carbocycles. The summed E-state index contributed by atoms with van der Waals surface area (Å²) in [6.45, 7) is 4.21. The van der Waals surface area contributed by atoms with E-state index in [2.05, 4.69) is 43.3 Å². The average molecular weight is 522 g/mol. The van der Waals surface area contributed by atoms with E-state index in [1.807, 2.05) is 6.07 Å². The van der Waals surface area contributed by atoms with Crippen LogP contribution in [0.25, 0.3) is 0 Å². The monoisotopic (exact) mass is 521 g/mol. The lowest BCUT2D eigenvalue weighted by atomic mass is 10.2. The zero-order valence-corrected chi connectivity index (χ0v) is 19.1. The highest BCUT2D eigenvalue weighted by Crippen LogP contribution is 2.27. The van der Waals surface area contributed by atoms with E-state index in [-0.39, 0.29) is 28.4 Å². The number of halogens is 3. The van der Waals surface area contributed by atoms with Crippen molar-refractivity contribution in [3.63, 3.8) is 0 Å². The molecule has 2 amide bonds. The Morgan fingerprint density at radius 2 is 1.94 bits per heavy atom. The maximum Gasteiger partial charge on any atom is 0.251 e. The fraction of sp³-hybridized carbons (Fsp3) is 0.143. The smallest absolute Gasteiger partial charge is 0.251 e. The van der Waals surface area contributed by atoms with Gasteiger partial charge < -0.3 is 15.2 Å². The van der Waals surface area contributed by atoms with Gasteiger partial charge in [-0.25, -0.2) is 8.78 Å². The summed E-state index contributed by atoms with van der Waals surface area (Å²) in [5.74, 6) is -2.00.